The molecule has 2 aromatic heterocycles. The second-order valence-corrected chi connectivity index (χ2v) is 4.79. The van der Waals surface area contributed by atoms with Crippen molar-refractivity contribution >= 4 is 17.4 Å². The first-order valence-corrected chi connectivity index (χ1v) is 6.77. The molecule has 0 saturated carbocycles. The minimum absolute atomic E-state index is 0.342. The molecule has 0 aliphatic rings. The summed E-state index contributed by atoms with van der Waals surface area (Å²) in [4.78, 5) is 0. The van der Waals surface area contributed by atoms with Gasteiger partial charge in [-0.05, 0) is 42.3 Å². The van der Waals surface area contributed by atoms with Gasteiger partial charge < -0.3 is 10.2 Å². The van der Waals surface area contributed by atoms with E-state index in [-0.39, 0.29) is 0 Å². The summed E-state index contributed by atoms with van der Waals surface area (Å²) < 4.78 is 7.18. The molecule has 2 N–H and O–H groups in total. The first kappa shape index (κ1) is 12.8. The van der Waals surface area contributed by atoms with Crippen LogP contribution in [0.5, 0.6) is 0 Å². The number of nitrogens with two attached hydrogens (primary N) is 1. The maximum absolute atomic E-state index is 6.22. The molecule has 102 valence electrons. The van der Waals surface area contributed by atoms with Gasteiger partial charge in [-0.25, -0.2) is 4.68 Å². The molecule has 0 atom stereocenters. The first-order chi connectivity index (χ1) is 9.70. The summed E-state index contributed by atoms with van der Waals surface area (Å²) in [6, 6.07) is 13.3. The van der Waals surface area contributed by atoms with Gasteiger partial charge in [-0.3, -0.25) is 0 Å². The predicted octanol–water partition coefficient (Wildman–Crippen LogP) is 3.93. The van der Waals surface area contributed by atoms with E-state index in [0.29, 0.717) is 16.8 Å². The molecule has 0 saturated heterocycles. The third kappa shape index (κ3) is 2.08. The summed E-state index contributed by atoms with van der Waals surface area (Å²) >= 11 is 5.84. The quantitative estimate of drug-likeness (QED) is 0.794. The number of nitrogen functional groups attached to an aromatic ring is 1. The lowest BCUT2D eigenvalue weighted by Gasteiger charge is -2.03. The molecule has 0 aliphatic heterocycles. The Bertz CT molecular complexity index is 731. The molecule has 1 aromatic carbocycles. The van der Waals surface area contributed by atoms with Gasteiger partial charge in [0.1, 0.15) is 11.5 Å². The fourth-order valence-electron chi connectivity index (χ4n) is 2.22. The Hall–Kier alpha value is -2.20. The van der Waals surface area contributed by atoms with Crippen LogP contribution >= 0.6 is 11.6 Å². The van der Waals surface area contributed by atoms with Gasteiger partial charge in [0.15, 0.2) is 11.0 Å². The Morgan fingerprint density at radius 3 is 2.55 bits per heavy atom. The van der Waals surface area contributed by atoms with E-state index in [1.54, 1.807) is 16.8 Å². The highest BCUT2D eigenvalue weighted by Gasteiger charge is 2.19. The van der Waals surface area contributed by atoms with E-state index in [4.69, 9.17) is 21.8 Å². The summed E-state index contributed by atoms with van der Waals surface area (Å²) in [7, 11) is 0. The van der Waals surface area contributed by atoms with Gasteiger partial charge in [-0.2, -0.15) is 5.10 Å². The van der Waals surface area contributed by atoms with E-state index >= 15 is 0 Å². The standard InChI is InChI=1S/C15H14ClN3O/c1-2-11-14(12-8-9-13(16)20-12)18-19(15(11)17)10-6-4-3-5-7-10/h3-9H,2,17H2,1H3. The zero-order valence-corrected chi connectivity index (χ0v) is 11.8. The molecule has 3 aromatic rings. The third-order valence-corrected chi connectivity index (χ3v) is 3.39. The van der Waals surface area contributed by atoms with Crippen molar-refractivity contribution in [1.29, 1.82) is 0 Å². The van der Waals surface area contributed by atoms with E-state index in [2.05, 4.69) is 5.10 Å². The number of rotatable bonds is 3. The largest absolute Gasteiger partial charge is 0.443 e. The fraction of sp³-hybridized carbons (Fsp3) is 0.133. The second kappa shape index (κ2) is 5.06. The lowest BCUT2D eigenvalue weighted by molar-refractivity contribution is 0.580. The molecule has 0 unspecified atom stereocenters. The average Bonchev–Trinajstić information content (AvgIpc) is 3.03. The van der Waals surface area contributed by atoms with Crippen molar-refractivity contribution in [1.82, 2.24) is 9.78 Å². The van der Waals surface area contributed by atoms with E-state index < -0.39 is 0 Å². The number of halogens is 1. The number of para-hydroxylation sites is 1. The summed E-state index contributed by atoms with van der Waals surface area (Å²) in [5, 5.41) is 4.92. The maximum Gasteiger partial charge on any atom is 0.194 e. The van der Waals surface area contributed by atoms with E-state index in [1.807, 2.05) is 37.3 Å². The Morgan fingerprint density at radius 1 is 1.20 bits per heavy atom. The molecule has 0 radical (unpaired) electrons. The van der Waals surface area contributed by atoms with Gasteiger partial charge in [-0.15, -0.1) is 0 Å². The van der Waals surface area contributed by atoms with Crippen molar-refractivity contribution in [2.75, 3.05) is 5.73 Å². The summed E-state index contributed by atoms with van der Waals surface area (Å²) in [6.07, 6.45) is 0.770. The molecule has 4 nitrogen and oxygen atoms in total. The van der Waals surface area contributed by atoms with Crippen molar-refractivity contribution in [2.45, 2.75) is 13.3 Å². The van der Waals surface area contributed by atoms with Crippen LogP contribution in [-0.4, -0.2) is 9.78 Å². The molecule has 3 rings (SSSR count). The number of hydrogen-bond donors (Lipinski definition) is 1. The first-order valence-electron chi connectivity index (χ1n) is 6.39. The van der Waals surface area contributed by atoms with Crippen LogP contribution in [0.2, 0.25) is 5.22 Å². The van der Waals surface area contributed by atoms with Crippen LogP contribution in [-0.2, 0) is 6.42 Å². The number of furan rings is 1. The van der Waals surface area contributed by atoms with Gasteiger partial charge in [0.25, 0.3) is 0 Å². The Kier molecular flexibility index (Phi) is 3.24. The van der Waals surface area contributed by atoms with Crippen molar-refractivity contribution < 1.29 is 4.42 Å². The number of hydrogen-bond acceptors (Lipinski definition) is 3. The van der Waals surface area contributed by atoms with Crippen molar-refractivity contribution in [3.63, 3.8) is 0 Å². The predicted molar refractivity (Wildman–Crippen MR) is 80.1 cm³/mol. The van der Waals surface area contributed by atoms with Gasteiger partial charge in [0.05, 0.1) is 5.69 Å². The molecule has 20 heavy (non-hydrogen) atoms. The normalized spacial score (nSPS) is 10.9. The molecule has 2 heterocycles. The number of nitrogens with zero attached hydrogens (tertiary/aromatic N) is 2. The number of anilines is 1. The molecular weight excluding hydrogens is 274 g/mol. The van der Waals surface area contributed by atoms with Crippen molar-refractivity contribution in [2.24, 2.45) is 0 Å². The maximum atomic E-state index is 6.22. The lowest BCUT2D eigenvalue weighted by Crippen LogP contribution is -2.02. The molecule has 0 spiro atoms. The zero-order chi connectivity index (χ0) is 14.1. The SMILES string of the molecule is CCc1c(-c2ccc(Cl)o2)nn(-c2ccccc2)c1N. The molecule has 0 aliphatic carbocycles. The van der Waals surface area contributed by atoms with Crippen molar-refractivity contribution in [3.05, 3.63) is 53.2 Å². The highest BCUT2D eigenvalue weighted by Crippen LogP contribution is 2.31. The van der Waals surface area contributed by atoms with Gasteiger partial charge >= 0.3 is 0 Å². The molecule has 0 bridgehead atoms. The van der Waals surface area contributed by atoms with E-state index in [9.17, 15) is 0 Å². The molecular formula is C15H14ClN3O. The van der Waals surface area contributed by atoms with Crippen LogP contribution in [0.15, 0.2) is 46.9 Å². The van der Waals surface area contributed by atoms with Gasteiger partial charge in [-0.1, -0.05) is 25.1 Å². The molecule has 0 fully saturated rings. The van der Waals surface area contributed by atoms with Gasteiger partial charge in [0, 0.05) is 5.56 Å². The number of aromatic nitrogens is 2. The Balaban J connectivity index is 2.17. The van der Waals surface area contributed by atoms with E-state index in [0.717, 1.165) is 23.4 Å². The van der Waals surface area contributed by atoms with Crippen LogP contribution in [0.25, 0.3) is 17.1 Å². The third-order valence-electron chi connectivity index (χ3n) is 3.18. The number of benzene rings is 1. The minimum Gasteiger partial charge on any atom is -0.443 e. The Labute approximate surface area is 121 Å². The van der Waals surface area contributed by atoms with Crippen LogP contribution in [0, 0.1) is 0 Å². The summed E-state index contributed by atoms with van der Waals surface area (Å²) in [6.45, 7) is 2.04. The van der Waals surface area contributed by atoms with Crippen LogP contribution < -0.4 is 5.73 Å². The molecule has 0 amide bonds. The van der Waals surface area contributed by atoms with Gasteiger partial charge in [0.2, 0.25) is 0 Å². The topological polar surface area (TPSA) is 57.0 Å². The lowest BCUT2D eigenvalue weighted by atomic mass is 10.1. The van der Waals surface area contributed by atoms with E-state index in [1.165, 1.54) is 0 Å². The molecule has 5 heteroatoms. The monoisotopic (exact) mass is 287 g/mol. The van der Waals surface area contributed by atoms with Crippen LogP contribution in [0.1, 0.15) is 12.5 Å². The smallest absolute Gasteiger partial charge is 0.194 e. The highest BCUT2D eigenvalue weighted by molar-refractivity contribution is 6.29. The minimum atomic E-state index is 0.342. The Morgan fingerprint density at radius 2 is 1.95 bits per heavy atom. The second-order valence-electron chi connectivity index (χ2n) is 4.42. The van der Waals surface area contributed by atoms with Crippen LogP contribution in [0.4, 0.5) is 5.82 Å². The summed E-state index contributed by atoms with van der Waals surface area (Å²) in [5.41, 5.74) is 8.83. The van der Waals surface area contributed by atoms with Crippen LogP contribution in [0.3, 0.4) is 0 Å². The fourth-order valence-corrected chi connectivity index (χ4v) is 2.36. The zero-order valence-electron chi connectivity index (χ0n) is 11.0. The highest BCUT2D eigenvalue weighted by atomic mass is 35.5. The summed E-state index contributed by atoms with van der Waals surface area (Å²) in [5.74, 6) is 1.26. The average molecular weight is 288 g/mol. The van der Waals surface area contributed by atoms with Crippen molar-refractivity contribution in [3.8, 4) is 17.1 Å².